The highest BCUT2D eigenvalue weighted by atomic mass is 35.5. The van der Waals surface area contributed by atoms with Gasteiger partial charge in [-0.2, -0.15) is 0 Å². The third-order valence-corrected chi connectivity index (χ3v) is 6.36. The number of hydrogen-bond acceptors (Lipinski definition) is 6. The smallest absolute Gasteiger partial charge is 0.235 e. The zero-order chi connectivity index (χ0) is 16.6. The zero-order valence-electron chi connectivity index (χ0n) is 12.4. The average molecular weight is 355 g/mol. The first-order valence-electron chi connectivity index (χ1n) is 7.19. The second-order valence-corrected chi connectivity index (χ2v) is 8.13. The number of carbonyl (C=O) groups excluding carboxylic acids is 1. The topological polar surface area (TPSA) is 90.1 Å². The SMILES string of the molecule is Cc1nnc(C(C2CCC(=O)C2)S(=O)(=O)c2cccc(Cl)c2)o1. The molecule has 6 nitrogen and oxygen atoms in total. The standard InChI is InChI=1S/C15H15ClN2O4S/c1-9-17-18-15(22-9)14(10-5-6-12(19)7-10)23(20,21)13-4-2-3-11(16)8-13/h2-4,8,10,14H,5-7H2,1H3. The minimum Gasteiger partial charge on any atom is -0.424 e. The number of aryl methyl sites for hydroxylation is 1. The summed E-state index contributed by atoms with van der Waals surface area (Å²) in [5.74, 6) is 0.00153. The van der Waals surface area contributed by atoms with Gasteiger partial charge in [0.15, 0.2) is 9.84 Å². The summed E-state index contributed by atoms with van der Waals surface area (Å²) in [6, 6.07) is 6.05. The van der Waals surface area contributed by atoms with Crippen molar-refractivity contribution in [2.24, 2.45) is 5.92 Å². The Kier molecular flexibility index (Phi) is 4.25. The lowest BCUT2D eigenvalue weighted by atomic mass is 10.0. The highest BCUT2D eigenvalue weighted by Crippen LogP contribution is 2.42. The molecule has 0 spiro atoms. The molecule has 1 fully saturated rings. The third kappa shape index (κ3) is 3.16. The monoisotopic (exact) mass is 354 g/mol. The molecule has 1 heterocycles. The van der Waals surface area contributed by atoms with E-state index in [0.717, 1.165) is 0 Å². The zero-order valence-corrected chi connectivity index (χ0v) is 14.0. The molecule has 122 valence electrons. The number of halogens is 1. The van der Waals surface area contributed by atoms with E-state index in [4.69, 9.17) is 16.0 Å². The summed E-state index contributed by atoms with van der Waals surface area (Å²) in [7, 11) is -3.80. The van der Waals surface area contributed by atoms with Crippen LogP contribution < -0.4 is 0 Å². The molecule has 0 radical (unpaired) electrons. The molecule has 8 heteroatoms. The fourth-order valence-corrected chi connectivity index (χ4v) is 5.11. The Hall–Kier alpha value is -1.73. The van der Waals surface area contributed by atoms with Crippen molar-refractivity contribution in [1.29, 1.82) is 0 Å². The molecule has 1 aliphatic carbocycles. The second-order valence-electron chi connectivity index (χ2n) is 5.62. The van der Waals surface area contributed by atoms with Gasteiger partial charge in [0.25, 0.3) is 0 Å². The van der Waals surface area contributed by atoms with Gasteiger partial charge in [-0.15, -0.1) is 10.2 Å². The molecule has 23 heavy (non-hydrogen) atoms. The van der Waals surface area contributed by atoms with Gasteiger partial charge in [-0.3, -0.25) is 4.79 Å². The summed E-state index contributed by atoms with van der Waals surface area (Å²) in [6.45, 7) is 1.60. The molecular weight excluding hydrogens is 340 g/mol. The van der Waals surface area contributed by atoms with E-state index < -0.39 is 15.1 Å². The molecule has 2 aromatic rings. The van der Waals surface area contributed by atoms with Crippen molar-refractivity contribution in [3.05, 3.63) is 41.1 Å². The predicted octanol–water partition coefficient (Wildman–Crippen LogP) is 2.92. The lowest BCUT2D eigenvalue weighted by Gasteiger charge is -2.20. The van der Waals surface area contributed by atoms with Crippen molar-refractivity contribution in [1.82, 2.24) is 10.2 Å². The highest BCUT2D eigenvalue weighted by Gasteiger charge is 2.43. The maximum absolute atomic E-state index is 13.1. The summed E-state index contributed by atoms with van der Waals surface area (Å²) in [5, 5.41) is 6.91. The molecule has 1 aliphatic rings. The number of Topliss-reactive ketones (excluding diaryl/α,β-unsaturated/α-hetero) is 1. The van der Waals surface area contributed by atoms with Gasteiger partial charge in [-0.1, -0.05) is 17.7 Å². The fourth-order valence-electron chi connectivity index (χ4n) is 2.91. The Morgan fingerprint density at radius 2 is 2.13 bits per heavy atom. The van der Waals surface area contributed by atoms with E-state index in [2.05, 4.69) is 10.2 Å². The van der Waals surface area contributed by atoms with Crippen molar-refractivity contribution in [3.8, 4) is 0 Å². The molecule has 0 saturated heterocycles. The van der Waals surface area contributed by atoms with Crippen LogP contribution in [0, 0.1) is 12.8 Å². The normalized spacial score (nSPS) is 19.9. The van der Waals surface area contributed by atoms with Gasteiger partial charge in [-0.05, 0) is 30.5 Å². The molecule has 2 unspecified atom stereocenters. The van der Waals surface area contributed by atoms with Crippen LogP contribution in [0.25, 0.3) is 0 Å². The highest BCUT2D eigenvalue weighted by molar-refractivity contribution is 7.91. The summed E-state index contributed by atoms with van der Waals surface area (Å²) >= 11 is 5.92. The van der Waals surface area contributed by atoms with Crippen LogP contribution in [0.2, 0.25) is 5.02 Å². The summed E-state index contributed by atoms with van der Waals surface area (Å²) in [5.41, 5.74) is 0. The summed E-state index contributed by atoms with van der Waals surface area (Å²) in [6.07, 6.45) is 1.07. The molecule has 0 aliphatic heterocycles. The van der Waals surface area contributed by atoms with Gasteiger partial charge < -0.3 is 4.42 Å². The van der Waals surface area contributed by atoms with E-state index in [1.54, 1.807) is 19.1 Å². The number of sulfone groups is 1. The lowest BCUT2D eigenvalue weighted by Crippen LogP contribution is -2.22. The average Bonchev–Trinajstić information content (AvgIpc) is 3.08. The Bertz CT molecular complexity index is 847. The van der Waals surface area contributed by atoms with Gasteiger partial charge in [-0.25, -0.2) is 8.42 Å². The van der Waals surface area contributed by atoms with E-state index >= 15 is 0 Å². The Balaban J connectivity index is 2.09. The van der Waals surface area contributed by atoms with Gasteiger partial charge >= 0.3 is 0 Å². The number of ketones is 1. The Morgan fingerprint density at radius 1 is 1.35 bits per heavy atom. The molecular formula is C15H15ClN2O4S. The number of aromatic nitrogens is 2. The van der Waals surface area contributed by atoms with Gasteiger partial charge in [0.05, 0.1) is 4.90 Å². The van der Waals surface area contributed by atoms with Gasteiger partial charge in [0.2, 0.25) is 11.8 Å². The maximum atomic E-state index is 13.1. The molecule has 0 bridgehead atoms. The van der Waals surface area contributed by atoms with Crippen LogP contribution in [0.5, 0.6) is 0 Å². The van der Waals surface area contributed by atoms with E-state index in [9.17, 15) is 13.2 Å². The number of hydrogen-bond donors (Lipinski definition) is 0. The minimum absolute atomic E-state index is 0.0298. The first kappa shape index (κ1) is 16.1. The summed E-state index contributed by atoms with van der Waals surface area (Å²) < 4.78 is 31.6. The second kappa shape index (κ2) is 6.05. The van der Waals surface area contributed by atoms with Gasteiger partial charge in [0.1, 0.15) is 11.0 Å². The molecule has 1 aromatic heterocycles. The van der Waals surface area contributed by atoms with Crippen LogP contribution in [0.15, 0.2) is 33.6 Å². The van der Waals surface area contributed by atoms with Crippen LogP contribution in [-0.2, 0) is 14.6 Å². The lowest BCUT2D eigenvalue weighted by molar-refractivity contribution is -0.117. The first-order chi connectivity index (χ1) is 10.9. The van der Waals surface area contributed by atoms with Gasteiger partial charge in [0, 0.05) is 24.8 Å². The van der Waals surface area contributed by atoms with E-state index in [-0.39, 0.29) is 34.8 Å². The van der Waals surface area contributed by atoms with Crippen molar-refractivity contribution in [2.75, 3.05) is 0 Å². The van der Waals surface area contributed by atoms with Crippen LogP contribution in [-0.4, -0.2) is 24.4 Å². The predicted molar refractivity (Wildman–Crippen MR) is 82.8 cm³/mol. The number of carbonyl (C=O) groups is 1. The van der Waals surface area contributed by atoms with Crippen LogP contribution in [0.4, 0.5) is 0 Å². The number of rotatable bonds is 4. The minimum atomic E-state index is -3.80. The first-order valence-corrected chi connectivity index (χ1v) is 9.11. The molecule has 1 aromatic carbocycles. The number of benzene rings is 1. The Morgan fingerprint density at radius 3 is 2.70 bits per heavy atom. The van der Waals surface area contributed by atoms with E-state index in [1.807, 2.05) is 0 Å². The summed E-state index contributed by atoms with van der Waals surface area (Å²) in [4.78, 5) is 11.7. The maximum Gasteiger partial charge on any atom is 0.235 e. The van der Waals surface area contributed by atoms with Crippen molar-refractivity contribution < 1.29 is 17.6 Å². The Labute approximate surface area is 138 Å². The van der Waals surface area contributed by atoms with E-state index in [0.29, 0.717) is 17.9 Å². The van der Waals surface area contributed by atoms with Crippen molar-refractivity contribution in [3.63, 3.8) is 0 Å². The molecule has 1 saturated carbocycles. The van der Waals surface area contributed by atoms with Crippen molar-refractivity contribution in [2.45, 2.75) is 36.3 Å². The fraction of sp³-hybridized carbons (Fsp3) is 0.400. The molecule has 0 amide bonds. The largest absolute Gasteiger partial charge is 0.424 e. The van der Waals surface area contributed by atoms with Crippen LogP contribution in [0.3, 0.4) is 0 Å². The molecule has 3 rings (SSSR count). The van der Waals surface area contributed by atoms with Crippen LogP contribution in [0.1, 0.15) is 36.3 Å². The van der Waals surface area contributed by atoms with E-state index in [1.165, 1.54) is 12.1 Å². The quantitative estimate of drug-likeness (QED) is 0.838. The van der Waals surface area contributed by atoms with Crippen molar-refractivity contribution >= 4 is 27.2 Å². The molecule has 0 N–H and O–H groups in total. The number of nitrogens with zero attached hydrogens (tertiary/aromatic N) is 2. The molecule has 2 atom stereocenters. The third-order valence-electron chi connectivity index (χ3n) is 3.96. The van der Waals surface area contributed by atoms with Crippen LogP contribution >= 0.6 is 11.6 Å².